The van der Waals surface area contributed by atoms with Crippen molar-refractivity contribution in [3.8, 4) is 0 Å². The Kier molecular flexibility index (Phi) is 22.7. The molecule has 8 rings (SSSR count). The molecule has 0 saturated carbocycles. The van der Waals surface area contributed by atoms with Crippen molar-refractivity contribution in [2.75, 3.05) is 10.9 Å². The minimum absolute atomic E-state index is 0.00961. The number of hydrogen-bond donors (Lipinski definition) is 5. The lowest BCUT2D eigenvalue weighted by molar-refractivity contribution is 0.0779. The molecule has 16 nitrogen and oxygen atoms in total. The van der Waals surface area contributed by atoms with Crippen molar-refractivity contribution in [3.63, 3.8) is 0 Å². The van der Waals surface area contributed by atoms with Gasteiger partial charge in [0, 0.05) is 45.4 Å². The third-order valence-corrected chi connectivity index (χ3v) is 11.4. The number of aliphatic hydroxyl groups is 1. The highest BCUT2D eigenvalue weighted by Gasteiger charge is 2.27. The zero-order valence-electron chi connectivity index (χ0n) is 42.6. The van der Waals surface area contributed by atoms with Crippen LogP contribution in [0.2, 0.25) is 0 Å². The van der Waals surface area contributed by atoms with Gasteiger partial charge in [-0.2, -0.15) is 21.9 Å². The summed E-state index contributed by atoms with van der Waals surface area (Å²) < 4.78 is 63.5. The van der Waals surface area contributed by atoms with Crippen LogP contribution in [0.1, 0.15) is 115 Å². The molecule has 0 aliphatic rings. The first-order valence-electron chi connectivity index (χ1n) is 23.3. The lowest BCUT2D eigenvalue weighted by atomic mass is 10.0. The summed E-state index contributed by atoms with van der Waals surface area (Å²) in [6.45, 7) is 29.3. The Morgan fingerprint density at radius 3 is 1.22 bits per heavy atom. The van der Waals surface area contributed by atoms with Crippen LogP contribution in [0.3, 0.4) is 0 Å². The van der Waals surface area contributed by atoms with Gasteiger partial charge in [0.1, 0.15) is 0 Å². The molecule has 376 valence electrons. The number of carbonyl (C=O) groups is 2. The van der Waals surface area contributed by atoms with Crippen LogP contribution in [0.15, 0.2) is 136 Å². The molecule has 5 N–H and O–H groups in total. The van der Waals surface area contributed by atoms with Crippen molar-refractivity contribution < 1.29 is 35.9 Å². The Labute approximate surface area is 408 Å². The van der Waals surface area contributed by atoms with E-state index in [-0.39, 0.29) is 16.6 Å². The first-order chi connectivity index (χ1) is 32.8. The predicted octanol–water partition coefficient (Wildman–Crippen LogP) is 12.2. The summed E-state index contributed by atoms with van der Waals surface area (Å²) in [5, 5.41) is 17.1. The fourth-order valence-corrected chi connectivity index (χ4v) is 7.89. The number of urea groups is 2. The van der Waals surface area contributed by atoms with E-state index in [0.717, 1.165) is 55.8 Å². The van der Waals surface area contributed by atoms with E-state index in [1.165, 1.54) is 35.3 Å². The normalized spacial score (nSPS) is 10.9. The van der Waals surface area contributed by atoms with E-state index < -0.39 is 42.8 Å². The molecular formula is C51H72N8O8S2. The van der Waals surface area contributed by atoms with Crippen LogP contribution in [0, 0.1) is 5.92 Å². The van der Waals surface area contributed by atoms with Crippen molar-refractivity contribution in [3.05, 3.63) is 127 Å². The number of benzene rings is 4. The van der Waals surface area contributed by atoms with E-state index >= 15 is 0 Å². The van der Waals surface area contributed by atoms with Gasteiger partial charge in [-0.3, -0.25) is 14.0 Å². The lowest BCUT2D eigenvalue weighted by Crippen LogP contribution is -2.38. The summed E-state index contributed by atoms with van der Waals surface area (Å²) in [6.07, 6.45) is 2.70. The monoisotopic (exact) mass is 988 g/mol. The van der Waals surface area contributed by atoms with Gasteiger partial charge in [0.25, 0.3) is 20.0 Å². The van der Waals surface area contributed by atoms with Crippen LogP contribution in [0.4, 0.5) is 9.59 Å². The lowest BCUT2D eigenvalue weighted by Gasteiger charge is -2.13. The average Bonchev–Trinajstić information content (AvgIpc) is 4.15. The van der Waals surface area contributed by atoms with Gasteiger partial charge in [-0.1, -0.05) is 149 Å². The Morgan fingerprint density at radius 2 is 0.913 bits per heavy atom. The number of sulfonamides is 2. The number of hydrogen-bond acceptors (Lipinski definition) is 9. The number of amides is 4. The average molecular weight is 989 g/mol. The summed E-state index contributed by atoms with van der Waals surface area (Å²) in [7, 11) is -8.35. The molecule has 0 radical (unpaired) electrons. The van der Waals surface area contributed by atoms with E-state index in [2.05, 4.69) is 36.7 Å². The number of aromatic nitrogens is 4. The van der Waals surface area contributed by atoms with Gasteiger partial charge in [-0.25, -0.2) is 29.9 Å². The molecule has 4 aromatic heterocycles. The van der Waals surface area contributed by atoms with Gasteiger partial charge < -0.3 is 9.52 Å². The molecule has 4 amide bonds. The second-order valence-electron chi connectivity index (χ2n) is 15.5. The van der Waals surface area contributed by atoms with Gasteiger partial charge in [0.05, 0.1) is 33.9 Å². The molecule has 8 aromatic rings. The summed E-state index contributed by atoms with van der Waals surface area (Å²) in [5.41, 5.74) is 7.17. The van der Waals surface area contributed by atoms with Crippen molar-refractivity contribution in [1.29, 1.82) is 0 Å². The highest BCUT2D eigenvalue weighted by atomic mass is 32.2. The maximum absolute atomic E-state index is 12.5. The summed E-state index contributed by atoms with van der Waals surface area (Å²) in [5.74, 6) is 0.833. The summed E-state index contributed by atoms with van der Waals surface area (Å²) >= 11 is 0. The topological polar surface area (TPSA) is 212 Å². The fraction of sp³-hybridized carbons (Fsp3) is 0.353. The van der Waals surface area contributed by atoms with E-state index in [1.54, 1.807) is 10.9 Å². The zero-order chi connectivity index (χ0) is 52.3. The van der Waals surface area contributed by atoms with Crippen molar-refractivity contribution >= 4 is 75.7 Å². The Bertz CT molecular complexity index is 2980. The standard InChI is InChI=1S/C20H19N3O5S.C19H19N5O3S.C4H10.4C2H6/c1-20(2,25)13-11-18(28-12-13)29(26,27)22-19(24)21-23-16-9-5-3-7-14(16)15-8-4-6-10-17(15)23;1-13(2)23-12-11-18(20-23)28(26,27)22-19(25)21-24-16-9-5-3-7-14(16)15-8-4-6-10-17(15)24;1-4(2)3;4*1-2/h3-12,25H,1-2H3,(H2,21,22,24);3-13H,1-2H3,(H2,21,22,25);4H,1-3H3;4*1-2H3. The van der Waals surface area contributed by atoms with Crippen LogP contribution in [-0.2, 0) is 25.6 Å². The molecule has 0 aliphatic carbocycles. The molecule has 69 heavy (non-hydrogen) atoms. The van der Waals surface area contributed by atoms with Crippen LogP contribution in [0.5, 0.6) is 0 Å². The molecule has 0 atom stereocenters. The molecule has 4 heterocycles. The van der Waals surface area contributed by atoms with Crippen molar-refractivity contribution in [2.24, 2.45) is 5.92 Å². The van der Waals surface area contributed by atoms with E-state index in [9.17, 15) is 31.5 Å². The minimum atomic E-state index is -4.26. The third kappa shape index (κ3) is 15.2. The van der Waals surface area contributed by atoms with Crippen LogP contribution in [0.25, 0.3) is 43.6 Å². The largest absolute Gasteiger partial charge is 0.451 e. The first kappa shape index (κ1) is 58.5. The van der Waals surface area contributed by atoms with Crippen LogP contribution in [-0.4, -0.2) is 53.1 Å². The SMILES string of the molecule is CC.CC.CC.CC.CC(C)(O)c1coc(S(=O)(=O)NC(=O)Nn2c3ccccc3c3ccccc32)c1.CC(C)C.CC(C)n1ccc(S(=O)(=O)NC(=O)Nn2c3ccccc3c3ccccc32)n1. The molecule has 0 aliphatic heterocycles. The van der Waals surface area contributed by atoms with E-state index in [0.29, 0.717) is 0 Å². The number of carbonyl (C=O) groups excluding carboxylic acids is 2. The molecule has 0 bridgehead atoms. The number of furan rings is 1. The molecule has 0 saturated heterocycles. The molecular weight excluding hydrogens is 917 g/mol. The molecule has 0 unspecified atom stereocenters. The van der Waals surface area contributed by atoms with Crippen molar-refractivity contribution in [1.82, 2.24) is 28.6 Å². The second kappa shape index (κ2) is 26.8. The van der Waals surface area contributed by atoms with Crippen LogP contribution < -0.4 is 20.3 Å². The zero-order valence-corrected chi connectivity index (χ0v) is 44.2. The van der Waals surface area contributed by atoms with Gasteiger partial charge in [0.2, 0.25) is 5.09 Å². The van der Waals surface area contributed by atoms with Gasteiger partial charge in [-0.15, -0.1) is 0 Å². The van der Waals surface area contributed by atoms with E-state index in [4.69, 9.17) is 4.42 Å². The number of fused-ring (bicyclic) bond motifs is 6. The van der Waals surface area contributed by atoms with Gasteiger partial charge in [-0.05, 0) is 63.9 Å². The molecule has 18 heteroatoms. The quantitative estimate of drug-likeness (QED) is 0.0978. The molecule has 4 aromatic carbocycles. The highest BCUT2D eigenvalue weighted by Crippen LogP contribution is 2.29. The summed E-state index contributed by atoms with van der Waals surface area (Å²) in [6, 6.07) is 30.8. The van der Waals surface area contributed by atoms with E-state index in [1.807, 2.05) is 176 Å². The molecule has 0 spiro atoms. The second-order valence-corrected chi connectivity index (χ2v) is 18.7. The van der Waals surface area contributed by atoms with Gasteiger partial charge >= 0.3 is 12.1 Å². The highest BCUT2D eigenvalue weighted by molar-refractivity contribution is 7.90. The third-order valence-electron chi connectivity index (χ3n) is 8.98. The maximum Gasteiger partial charge on any atom is 0.347 e. The Balaban J connectivity index is 0.000000388. The van der Waals surface area contributed by atoms with Crippen LogP contribution >= 0.6 is 0 Å². The molecule has 0 fully saturated rings. The smallest absolute Gasteiger partial charge is 0.347 e. The summed E-state index contributed by atoms with van der Waals surface area (Å²) in [4.78, 5) is 24.9. The number of para-hydroxylation sites is 4. The Morgan fingerprint density at radius 1 is 0.580 bits per heavy atom. The fourth-order valence-electron chi connectivity index (χ4n) is 6.21. The Hall–Kier alpha value is -6.63. The minimum Gasteiger partial charge on any atom is -0.451 e. The van der Waals surface area contributed by atoms with Crippen molar-refractivity contribution in [2.45, 2.75) is 126 Å². The first-order valence-corrected chi connectivity index (χ1v) is 26.2. The number of nitrogens with zero attached hydrogens (tertiary/aromatic N) is 4. The maximum atomic E-state index is 12.5. The van der Waals surface area contributed by atoms with Gasteiger partial charge in [0.15, 0.2) is 5.03 Å². The number of nitrogens with one attached hydrogen (secondary N) is 4. The number of rotatable bonds is 8. The predicted molar refractivity (Wildman–Crippen MR) is 282 cm³/mol.